The summed E-state index contributed by atoms with van der Waals surface area (Å²) in [7, 11) is 0. The Bertz CT molecular complexity index is 715. The topological polar surface area (TPSA) is 65.1 Å². The quantitative estimate of drug-likeness (QED) is 0.374. The van der Waals surface area contributed by atoms with E-state index in [0.29, 0.717) is 0 Å². The number of epoxide rings is 1. The summed E-state index contributed by atoms with van der Waals surface area (Å²) in [4.78, 5) is 23.9. The molecule has 1 heterocycles. The van der Waals surface area contributed by atoms with Gasteiger partial charge in [0.25, 0.3) is 0 Å². The lowest BCUT2D eigenvalue weighted by molar-refractivity contribution is -0.167. The molecule has 0 radical (unpaired) electrons. The van der Waals surface area contributed by atoms with Crippen LogP contribution in [-0.4, -0.2) is 35.9 Å². The largest absolute Gasteiger partial charge is 0.455 e. The molecule has 0 spiro atoms. The number of allylic oxidation sites excluding steroid dienone is 5. The zero-order chi connectivity index (χ0) is 21.8. The van der Waals surface area contributed by atoms with E-state index in [1.54, 1.807) is 0 Å². The van der Waals surface area contributed by atoms with Crippen LogP contribution in [0.3, 0.4) is 0 Å². The summed E-state index contributed by atoms with van der Waals surface area (Å²) in [5.74, 6) is -0.702. The van der Waals surface area contributed by atoms with E-state index in [9.17, 15) is 9.59 Å². The number of hydrogen-bond acceptors (Lipinski definition) is 5. The number of fused-ring (bicyclic) bond motifs is 1. The minimum absolute atomic E-state index is 0.0399. The lowest BCUT2D eigenvalue weighted by Gasteiger charge is -2.32. The van der Waals surface area contributed by atoms with Crippen LogP contribution in [0.15, 0.2) is 34.9 Å². The van der Waals surface area contributed by atoms with Crippen molar-refractivity contribution in [2.24, 2.45) is 5.92 Å². The van der Waals surface area contributed by atoms with Gasteiger partial charge in [0.2, 0.25) is 0 Å². The minimum Gasteiger partial charge on any atom is -0.455 e. The number of hydrogen-bond donors (Lipinski definition) is 0. The van der Waals surface area contributed by atoms with Crippen molar-refractivity contribution in [1.82, 2.24) is 0 Å². The van der Waals surface area contributed by atoms with Crippen LogP contribution in [0.1, 0.15) is 74.1 Å². The summed E-state index contributed by atoms with van der Waals surface area (Å²) in [5.41, 5.74) is 2.83. The van der Waals surface area contributed by atoms with Crippen LogP contribution in [-0.2, 0) is 23.8 Å². The summed E-state index contributed by atoms with van der Waals surface area (Å²) in [6.07, 6.45) is 8.74. The second-order valence-electron chi connectivity index (χ2n) is 8.81. The second kappa shape index (κ2) is 9.75. The molecule has 0 saturated carbocycles. The minimum atomic E-state index is -0.691. The highest BCUT2D eigenvalue weighted by Gasteiger charge is 2.62. The van der Waals surface area contributed by atoms with Gasteiger partial charge in [-0.3, -0.25) is 9.59 Å². The maximum Gasteiger partial charge on any atom is 0.303 e. The molecule has 29 heavy (non-hydrogen) atoms. The van der Waals surface area contributed by atoms with Crippen molar-refractivity contribution < 1.29 is 23.8 Å². The first-order valence-corrected chi connectivity index (χ1v) is 10.6. The summed E-state index contributed by atoms with van der Waals surface area (Å²) in [5, 5.41) is 0. The predicted molar refractivity (Wildman–Crippen MR) is 113 cm³/mol. The summed E-state index contributed by atoms with van der Waals surface area (Å²) < 4.78 is 17.6. The van der Waals surface area contributed by atoms with Crippen molar-refractivity contribution in [2.75, 3.05) is 0 Å². The molecule has 0 aromatic rings. The molecule has 162 valence electrons. The lowest BCUT2D eigenvalue weighted by atomic mass is 9.85. The average molecular weight is 405 g/mol. The van der Waals surface area contributed by atoms with Crippen molar-refractivity contribution in [3.63, 3.8) is 0 Å². The lowest BCUT2D eigenvalue weighted by Crippen LogP contribution is -2.47. The highest BCUT2D eigenvalue weighted by Crippen LogP contribution is 2.47. The highest BCUT2D eigenvalue weighted by atomic mass is 16.7. The van der Waals surface area contributed by atoms with E-state index >= 15 is 0 Å². The molecule has 2 aliphatic rings. The van der Waals surface area contributed by atoms with Gasteiger partial charge in [0.15, 0.2) is 12.2 Å². The van der Waals surface area contributed by atoms with Crippen LogP contribution in [0.25, 0.3) is 0 Å². The Morgan fingerprint density at radius 3 is 2.31 bits per heavy atom. The molecule has 0 unspecified atom stereocenters. The van der Waals surface area contributed by atoms with Gasteiger partial charge in [-0.15, -0.1) is 0 Å². The third kappa shape index (κ3) is 6.30. The van der Waals surface area contributed by atoms with E-state index in [2.05, 4.69) is 39.8 Å². The first-order chi connectivity index (χ1) is 13.5. The summed E-state index contributed by atoms with van der Waals surface area (Å²) in [6, 6.07) is 0. The fraction of sp³-hybridized carbons (Fsp3) is 0.667. The maximum atomic E-state index is 12.0. The molecule has 0 aromatic carbocycles. The summed E-state index contributed by atoms with van der Waals surface area (Å²) >= 11 is 0. The maximum absolute atomic E-state index is 12.0. The van der Waals surface area contributed by atoms with Crippen molar-refractivity contribution >= 4 is 11.9 Å². The van der Waals surface area contributed by atoms with E-state index in [4.69, 9.17) is 14.2 Å². The second-order valence-corrected chi connectivity index (χ2v) is 8.81. The number of carbonyl (C=O) groups excluding carboxylic acids is 2. The number of carbonyl (C=O) groups is 2. The molecule has 2 rings (SSSR count). The Labute approximate surface area is 175 Å². The molecule has 5 heteroatoms. The SMILES string of the molecule is CC(=O)O[C@@H]1/C(C(C)C)=C\C=C(\C)CC/C=C(/C)CC[C@@H]2O[C@@]2(C)[C@H]1OC(C)=O. The van der Waals surface area contributed by atoms with Crippen molar-refractivity contribution in [3.05, 3.63) is 34.9 Å². The predicted octanol–water partition coefficient (Wildman–Crippen LogP) is 5.06. The molecule has 1 fully saturated rings. The van der Waals surface area contributed by atoms with Gasteiger partial charge in [-0.05, 0) is 57.9 Å². The van der Waals surface area contributed by atoms with Gasteiger partial charge in [-0.25, -0.2) is 0 Å². The Morgan fingerprint density at radius 1 is 1.07 bits per heavy atom. The number of esters is 2. The van der Waals surface area contributed by atoms with Gasteiger partial charge in [-0.2, -0.15) is 0 Å². The standard InChI is InChI=1S/C24H36O5/c1-15(2)20-13-11-16(3)9-8-10-17(4)12-14-21-24(7,29-21)23(28-19(6)26)22(20)27-18(5)25/h10-11,13,15,21-23H,8-9,12,14H2,1-7H3/b16-11-,17-10-,20-13-/t21-,22+,23-,24+/m0/s1. The molecule has 0 amide bonds. The van der Waals surface area contributed by atoms with E-state index in [0.717, 1.165) is 31.3 Å². The normalized spacial score (nSPS) is 36.3. The summed E-state index contributed by atoms with van der Waals surface area (Å²) in [6.45, 7) is 13.1. The molecular formula is C24H36O5. The van der Waals surface area contributed by atoms with Crippen LogP contribution in [0.2, 0.25) is 0 Å². The van der Waals surface area contributed by atoms with E-state index in [-0.39, 0.29) is 12.0 Å². The van der Waals surface area contributed by atoms with Crippen molar-refractivity contribution in [1.29, 1.82) is 0 Å². The van der Waals surface area contributed by atoms with Crippen LogP contribution < -0.4 is 0 Å². The number of ether oxygens (including phenoxy) is 3. The van der Waals surface area contributed by atoms with Gasteiger partial charge in [-0.1, -0.05) is 43.2 Å². The van der Waals surface area contributed by atoms with Gasteiger partial charge < -0.3 is 14.2 Å². The zero-order valence-electron chi connectivity index (χ0n) is 18.9. The van der Waals surface area contributed by atoms with Crippen LogP contribution >= 0.6 is 0 Å². The molecule has 5 nitrogen and oxygen atoms in total. The fourth-order valence-corrected chi connectivity index (χ4v) is 3.95. The molecule has 0 bridgehead atoms. The van der Waals surface area contributed by atoms with Gasteiger partial charge in [0.05, 0.1) is 6.10 Å². The first-order valence-electron chi connectivity index (χ1n) is 10.6. The molecule has 1 aliphatic carbocycles. The van der Waals surface area contributed by atoms with Gasteiger partial charge in [0.1, 0.15) is 5.60 Å². The highest BCUT2D eigenvalue weighted by molar-refractivity contribution is 5.68. The molecule has 4 atom stereocenters. The molecule has 1 aliphatic heterocycles. The Kier molecular flexibility index (Phi) is 7.87. The first kappa shape index (κ1) is 23.4. The van der Waals surface area contributed by atoms with Gasteiger partial charge >= 0.3 is 11.9 Å². The molecule has 0 aromatic heterocycles. The Balaban J connectivity index is 2.53. The average Bonchev–Trinajstić information content (AvgIpc) is 3.27. The smallest absolute Gasteiger partial charge is 0.303 e. The van der Waals surface area contributed by atoms with E-state index in [1.807, 2.05) is 13.0 Å². The fourth-order valence-electron chi connectivity index (χ4n) is 3.95. The van der Waals surface area contributed by atoms with E-state index < -0.39 is 29.7 Å². The third-order valence-electron chi connectivity index (χ3n) is 5.79. The van der Waals surface area contributed by atoms with Crippen LogP contribution in [0.4, 0.5) is 0 Å². The molecular weight excluding hydrogens is 368 g/mol. The Hall–Kier alpha value is -1.88. The van der Waals surface area contributed by atoms with Gasteiger partial charge in [0, 0.05) is 13.8 Å². The van der Waals surface area contributed by atoms with Crippen LogP contribution in [0.5, 0.6) is 0 Å². The molecule has 1 saturated heterocycles. The monoisotopic (exact) mass is 404 g/mol. The van der Waals surface area contributed by atoms with Crippen LogP contribution in [0, 0.1) is 5.92 Å². The molecule has 0 N–H and O–H groups in total. The van der Waals surface area contributed by atoms with Crippen molar-refractivity contribution in [2.45, 2.75) is 98.1 Å². The third-order valence-corrected chi connectivity index (χ3v) is 5.79. The zero-order valence-corrected chi connectivity index (χ0v) is 18.9. The van der Waals surface area contributed by atoms with E-state index in [1.165, 1.54) is 25.0 Å². The van der Waals surface area contributed by atoms with Crippen molar-refractivity contribution in [3.8, 4) is 0 Å². The number of rotatable bonds is 3. The Morgan fingerprint density at radius 2 is 1.72 bits per heavy atom.